The first-order valence-corrected chi connectivity index (χ1v) is 6.12. The van der Waals surface area contributed by atoms with E-state index in [1.165, 1.54) is 49.6 Å². The van der Waals surface area contributed by atoms with E-state index in [2.05, 4.69) is 0 Å². The van der Waals surface area contributed by atoms with Crippen molar-refractivity contribution < 1.29 is 18.8 Å². The van der Waals surface area contributed by atoms with E-state index in [1.54, 1.807) is 0 Å². The summed E-state index contributed by atoms with van der Waals surface area (Å²) in [6, 6.07) is 9.68. The maximum atomic E-state index is 12.8. The summed E-state index contributed by atoms with van der Waals surface area (Å²) in [6.07, 6.45) is 0.0117. The molecule has 0 atom stereocenters. The fourth-order valence-corrected chi connectivity index (χ4v) is 1.99. The number of benzene rings is 2. The third-order valence-electron chi connectivity index (χ3n) is 2.97. The summed E-state index contributed by atoms with van der Waals surface area (Å²) in [6.45, 7) is 0. The summed E-state index contributed by atoms with van der Waals surface area (Å²) >= 11 is 0. The van der Waals surface area contributed by atoms with Crippen LogP contribution in [0.4, 0.5) is 10.1 Å². The second-order valence-corrected chi connectivity index (χ2v) is 4.34. The van der Waals surface area contributed by atoms with Crippen molar-refractivity contribution in [3.05, 3.63) is 69.5 Å². The zero-order valence-corrected chi connectivity index (χ0v) is 11.2. The summed E-state index contributed by atoms with van der Waals surface area (Å²) < 4.78 is 17.8. The highest BCUT2D eigenvalue weighted by Gasteiger charge is 2.22. The lowest BCUT2D eigenvalue weighted by molar-refractivity contribution is -0.385. The number of rotatable bonds is 5. The van der Waals surface area contributed by atoms with E-state index in [4.69, 9.17) is 4.74 Å². The number of hydrogen-bond donors (Lipinski definition) is 0. The highest BCUT2D eigenvalue weighted by atomic mass is 19.1. The van der Waals surface area contributed by atoms with Gasteiger partial charge in [-0.3, -0.25) is 14.9 Å². The number of nitrogens with zero attached hydrogens (tertiary/aromatic N) is 1. The molecular formula is C15H12FNO4. The molecular weight excluding hydrogens is 277 g/mol. The maximum absolute atomic E-state index is 12.8. The fraction of sp³-hybridized carbons (Fsp3) is 0.133. The van der Waals surface area contributed by atoms with Gasteiger partial charge in [0.2, 0.25) is 5.75 Å². The lowest BCUT2D eigenvalue weighted by Crippen LogP contribution is -2.07. The third-order valence-corrected chi connectivity index (χ3v) is 2.97. The molecule has 0 aromatic heterocycles. The summed E-state index contributed by atoms with van der Waals surface area (Å²) in [4.78, 5) is 22.6. The molecule has 0 aliphatic heterocycles. The van der Waals surface area contributed by atoms with Gasteiger partial charge in [-0.2, -0.15) is 0 Å². The van der Waals surface area contributed by atoms with Gasteiger partial charge in [0.1, 0.15) is 5.82 Å². The molecule has 0 heterocycles. The number of nitro benzene ring substituents is 1. The monoisotopic (exact) mass is 289 g/mol. The van der Waals surface area contributed by atoms with Crippen LogP contribution in [0.5, 0.6) is 5.75 Å². The highest BCUT2D eigenvalue weighted by molar-refractivity contribution is 6.01. The molecule has 21 heavy (non-hydrogen) atoms. The van der Waals surface area contributed by atoms with E-state index >= 15 is 0 Å². The molecule has 5 nitrogen and oxygen atoms in total. The number of carbonyl (C=O) groups is 1. The van der Waals surface area contributed by atoms with Gasteiger partial charge in [0, 0.05) is 12.5 Å². The largest absolute Gasteiger partial charge is 0.490 e. The Labute approximate surface area is 120 Å². The van der Waals surface area contributed by atoms with Crippen LogP contribution in [0.15, 0.2) is 42.5 Å². The van der Waals surface area contributed by atoms with Gasteiger partial charge in [-0.15, -0.1) is 0 Å². The molecule has 6 heteroatoms. The minimum absolute atomic E-state index is 0.0117. The molecule has 2 aromatic rings. The Hall–Kier alpha value is -2.76. The molecule has 0 bridgehead atoms. The van der Waals surface area contributed by atoms with Gasteiger partial charge in [-0.1, -0.05) is 18.2 Å². The molecule has 0 unspecified atom stereocenters. The van der Waals surface area contributed by atoms with Crippen LogP contribution < -0.4 is 4.74 Å². The van der Waals surface area contributed by atoms with Crippen LogP contribution in [-0.2, 0) is 6.42 Å². The first kappa shape index (κ1) is 14.6. The molecule has 0 spiro atoms. The highest BCUT2D eigenvalue weighted by Crippen LogP contribution is 2.31. The zero-order chi connectivity index (χ0) is 15.4. The van der Waals surface area contributed by atoms with E-state index in [0.717, 1.165) is 0 Å². The van der Waals surface area contributed by atoms with Crippen molar-refractivity contribution in [3.63, 3.8) is 0 Å². The van der Waals surface area contributed by atoms with Crippen LogP contribution in [0, 0.1) is 15.9 Å². The molecule has 0 amide bonds. The third kappa shape index (κ3) is 3.22. The molecule has 0 aliphatic carbocycles. The summed E-state index contributed by atoms with van der Waals surface area (Å²) in [5, 5.41) is 10.9. The molecule has 0 aliphatic rings. The zero-order valence-electron chi connectivity index (χ0n) is 11.2. The van der Waals surface area contributed by atoms with Crippen LogP contribution in [0.1, 0.15) is 15.9 Å². The number of ketones is 1. The van der Waals surface area contributed by atoms with E-state index in [9.17, 15) is 19.3 Å². The van der Waals surface area contributed by atoms with Gasteiger partial charge in [0.25, 0.3) is 0 Å². The lowest BCUT2D eigenvalue weighted by atomic mass is 10.0. The van der Waals surface area contributed by atoms with Crippen molar-refractivity contribution in [2.45, 2.75) is 6.42 Å². The predicted octanol–water partition coefficient (Wildman–Crippen LogP) is 3.17. The van der Waals surface area contributed by atoms with Gasteiger partial charge in [0.05, 0.1) is 17.6 Å². The van der Waals surface area contributed by atoms with Crippen LogP contribution in [-0.4, -0.2) is 17.8 Å². The number of hydrogen-bond acceptors (Lipinski definition) is 4. The van der Waals surface area contributed by atoms with Gasteiger partial charge >= 0.3 is 5.69 Å². The average molecular weight is 289 g/mol. The van der Waals surface area contributed by atoms with Crippen LogP contribution in [0.3, 0.4) is 0 Å². The lowest BCUT2D eigenvalue weighted by Gasteiger charge is -2.08. The summed E-state index contributed by atoms with van der Waals surface area (Å²) in [5.41, 5.74) is 0.494. The van der Waals surface area contributed by atoms with E-state index in [1.807, 2.05) is 0 Å². The number of Topliss-reactive ketones (excluding diaryl/α,β-unsaturated/α-hetero) is 1. The molecule has 0 fully saturated rings. The minimum Gasteiger partial charge on any atom is -0.490 e. The van der Waals surface area contributed by atoms with Crippen LogP contribution in [0.2, 0.25) is 0 Å². The summed E-state index contributed by atoms with van der Waals surface area (Å²) in [7, 11) is 1.27. The predicted molar refractivity (Wildman–Crippen MR) is 74.1 cm³/mol. The molecule has 0 saturated carbocycles. The van der Waals surface area contributed by atoms with Gasteiger partial charge in [-0.05, 0) is 23.8 Å². The number of methoxy groups -OCH3 is 1. The second kappa shape index (κ2) is 6.13. The number of ether oxygens (including phenoxy) is 1. The Morgan fingerprint density at radius 2 is 1.90 bits per heavy atom. The summed E-state index contributed by atoms with van der Waals surface area (Å²) in [5.74, 6) is -0.782. The van der Waals surface area contributed by atoms with Gasteiger partial charge in [-0.25, -0.2) is 4.39 Å². The first-order chi connectivity index (χ1) is 10.0. The quantitative estimate of drug-likeness (QED) is 0.481. The van der Waals surface area contributed by atoms with Crippen molar-refractivity contribution in [3.8, 4) is 5.75 Å². The SMILES string of the molecule is COc1c(C(=O)Cc2ccc(F)cc2)cccc1[N+](=O)[O-]. The Morgan fingerprint density at radius 3 is 2.48 bits per heavy atom. The van der Waals surface area contributed by atoms with Gasteiger partial charge < -0.3 is 4.74 Å². The maximum Gasteiger partial charge on any atom is 0.311 e. The molecule has 108 valence electrons. The first-order valence-electron chi connectivity index (χ1n) is 6.12. The van der Waals surface area contributed by atoms with E-state index in [0.29, 0.717) is 5.56 Å². The standard InChI is InChI=1S/C15H12FNO4/c1-21-15-12(3-2-4-13(15)17(19)20)14(18)9-10-5-7-11(16)8-6-10/h2-8H,9H2,1H3. The van der Waals surface area contributed by atoms with E-state index < -0.39 is 4.92 Å². The molecule has 2 rings (SSSR count). The number of para-hydroxylation sites is 1. The van der Waals surface area contributed by atoms with Crippen molar-refractivity contribution in [2.75, 3.05) is 7.11 Å². The van der Waals surface area contributed by atoms with Crippen LogP contribution >= 0.6 is 0 Å². The van der Waals surface area contributed by atoms with Crippen LogP contribution in [0.25, 0.3) is 0 Å². The van der Waals surface area contributed by atoms with Crippen molar-refractivity contribution in [1.82, 2.24) is 0 Å². The fourth-order valence-electron chi connectivity index (χ4n) is 1.99. The number of nitro groups is 1. The van der Waals surface area contributed by atoms with Crippen molar-refractivity contribution in [2.24, 2.45) is 0 Å². The van der Waals surface area contributed by atoms with Gasteiger partial charge in [0.15, 0.2) is 5.78 Å². The van der Waals surface area contributed by atoms with Crippen molar-refractivity contribution >= 4 is 11.5 Å². The Morgan fingerprint density at radius 1 is 1.24 bits per heavy atom. The Balaban J connectivity index is 2.33. The number of halogens is 1. The smallest absolute Gasteiger partial charge is 0.311 e. The Kier molecular flexibility index (Phi) is 4.27. The molecule has 0 N–H and O–H groups in total. The average Bonchev–Trinajstić information content (AvgIpc) is 2.48. The normalized spacial score (nSPS) is 10.2. The van der Waals surface area contributed by atoms with E-state index in [-0.39, 0.29) is 35.0 Å². The topological polar surface area (TPSA) is 69.4 Å². The Bertz CT molecular complexity index is 683. The molecule has 0 radical (unpaired) electrons. The van der Waals surface area contributed by atoms with Crippen molar-refractivity contribution in [1.29, 1.82) is 0 Å². The minimum atomic E-state index is -0.604. The number of carbonyl (C=O) groups excluding carboxylic acids is 1. The molecule has 2 aromatic carbocycles. The molecule has 0 saturated heterocycles. The second-order valence-electron chi connectivity index (χ2n) is 4.34.